The Morgan fingerprint density at radius 2 is 1.73 bits per heavy atom. The minimum Gasteiger partial charge on any atom is -0.481 e. The summed E-state index contributed by atoms with van der Waals surface area (Å²) in [6.07, 6.45) is 2.58. The van der Waals surface area contributed by atoms with Crippen LogP contribution in [-0.4, -0.2) is 41.2 Å². The van der Waals surface area contributed by atoms with Crippen molar-refractivity contribution in [1.29, 1.82) is 0 Å². The number of hydrogen-bond acceptors (Lipinski definition) is 5. The Morgan fingerprint density at radius 1 is 1.03 bits per heavy atom. The molecule has 1 aromatic heterocycles. The van der Waals surface area contributed by atoms with Crippen molar-refractivity contribution in [2.45, 2.75) is 17.4 Å². The summed E-state index contributed by atoms with van der Waals surface area (Å²) in [6, 6.07) is 19.7. The Kier molecular flexibility index (Phi) is 5.97. The molecule has 0 aliphatic carbocycles. The maximum Gasteiger partial charge on any atom is 0.305 e. The van der Waals surface area contributed by atoms with Crippen molar-refractivity contribution in [2.75, 3.05) is 11.6 Å². The standard InChI is InChI=1S/C24H21N3O5S/c1-33(31,32)19-10-7-17(8-11-19)24(30)26-18-9-12-20-22(13-18)27(15-25-20)21(14-23(28)29)16-5-3-2-4-6-16/h2-13,15,21H,14H2,1H3,(H,26,30)(H,28,29). The summed E-state index contributed by atoms with van der Waals surface area (Å²) in [5.74, 6) is -1.33. The van der Waals surface area contributed by atoms with Crippen LogP contribution >= 0.6 is 0 Å². The van der Waals surface area contributed by atoms with Gasteiger partial charge in [-0.2, -0.15) is 0 Å². The highest BCUT2D eigenvalue weighted by molar-refractivity contribution is 7.90. The third-order valence-corrected chi connectivity index (χ3v) is 6.39. The number of carboxylic acid groups (broad SMARTS) is 1. The first kappa shape index (κ1) is 22.2. The number of nitrogens with zero attached hydrogens (tertiary/aromatic N) is 2. The molecule has 4 aromatic rings. The molecular weight excluding hydrogens is 442 g/mol. The van der Waals surface area contributed by atoms with E-state index in [4.69, 9.17) is 0 Å². The van der Waals surface area contributed by atoms with Gasteiger partial charge in [0.2, 0.25) is 0 Å². The van der Waals surface area contributed by atoms with Gasteiger partial charge in [0.25, 0.3) is 5.91 Å². The lowest BCUT2D eigenvalue weighted by atomic mass is 10.0. The Morgan fingerprint density at radius 3 is 2.36 bits per heavy atom. The number of amides is 1. The van der Waals surface area contributed by atoms with Crippen LogP contribution in [0.5, 0.6) is 0 Å². The van der Waals surface area contributed by atoms with Gasteiger partial charge in [0.15, 0.2) is 9.84 Å². The molecule has 8 nitrogen and oxygen atoms in total. The lowest BCUT2D eigenvalue weighted by Gasteiger charge is -2.18. The number of sulfone groups is 1. The van der Waals surface area contributed by atoms with Gasteiger partial charge in [-0.05, 0) is 48.0 Å². The van der Waals surface area contributed by atoms with Crippen LogP contribution < -0.4 is 5.32 Å². The number of fused-ring (bicyclic) bond motifs is 1. The molecule has 1 atom stereocenters. The van der Waals surface area contributed by atoms with E-state index >= 15 is 0 Å². The maximum atomic E-state index is 12.7. The molecule has 0 radical (unpaired) electrons. The van der Waals surface area contributed by atoms with E-state index in [2.05, 4.69) is 10.3 Å². The first-order valence-electron chi connectivity index (χ1n) is 10.1. The number of imidazole rings is 1. The second kappa shape index (κ2) is 8.87. The number of carbonyl (C=O) groups excluding carboxylic acids is 1. The lowest BCUT2D eigenvalue weighted by molar-refractivity contribution is -0.137. The SMILES string of the molecule is CS(=O)(=O)c1ccc(C(=O)Nc2ccc3ncn(C(CC(=O)O)c4ccccc4)c3c2)cc1. The molecule has 3 aromatic carbocycles. The molecule has 0 bridgehead atoms. The van der Waals surface area contributed by atoms with Gasteiger partial charge in [0.05, 0.1) is 34.7 Å². The van der Waals surface area contributed by atoms with Gasteiger partial charge in [-0.1, -0.05) is 30.3 Å². The molecule has 9 heteroatoms. The van der Waals surface area contributed by atoms with Crippen molar-refractivity contribution in [3.8, 4) is 0 Å². The zero-order chi connectivity index (χ0) is 23.6. The Balaban J connectivity index is 1.65. The van der Waals surface area contributed by atoms with Crippen LogP contribution in [0.15, 0.2) is 84.0 Å². The second-order valence-corrected chi connectivity index (χ2v) is 9.65. The minimum atomic E-state index is -3.35. The van der Waals surface area contributed by atoms with Gasteiger partial charge in [-0.25, -0.2) is 13.4 Å². The molecule has 0 fully saturated rings. The van der Waals surface area contributed by atoms with E-state index < -0.39 is 27.8 Å². The zero-order valence-corrected chi connectivity index (χ0v) is 18.5. The van der Waals surface area contributed by atoms with E-state index in [1.807, 2.05) is 30.3 Å². The number of hydrogen-bond donors (Lipinski definition) is 2. The quantitative estimate of drug-likeness (QED) is 0.431. The molecule has 168 valence electrons. The monoisotopic (exact) mass is 463 g/mol. The van der Waals surface area contributed by atoms with Crippen LogP contribution in [0.1, 0.15) is 28.4 Å². The first-order chi connectivity index (χ1) is 15.7. The summed E-state index contributed by atoms with van der Waals surface area (Å²) >= 11 is 0. The Hall–Kier alpha value is -3.98. The Bertz CT molecular complexity index is 1430. The number of carboxylic acids is 1. The fourth-order valence-electron chi connectivity index (χ4n) is 3.63. The number of nitrogens with one attached hydrogen (secondary N) is 1. The molecule has 33 heavy (non-hydrogen) atoms. The molecule has 4 rings (SSSR count). The van der Waals surface area contributed by atoms with Gasteiger partial charge in [0, 0.05) is 17.5 Å². The van der Waals surface area contributed by atoms with Gasteiger partial charge < -0.3 is 15.0 Å². The predicted molar refractivity (Wildman–Crippen MR) is 124 cm³/mol. The minimum absolute atomic E-state index is 0.126. The molecule has 0 aliphatic heterocycles. The van der Waals surface area contributed by atoms with Crippen LogP contribution in [-0.2, 0) is 14.6 Å². The van der Waals surface area contributed by atoms with E-state index in [0.717, 1.165) is 11.8 Å². The van der Waals surface area contributed by atoms with Crippen molar-refractivity contribution in [3.05, 3.63) is 90.3 Å². The fourth-order valence-corrected chi connectivity index (χ4v) is 4.26. The number of carbonyl (C=O) groups is 2. The van der Waals surface area contributed by atoms with Crippen molar-refractivity contribution in [2.24, 2.45) is 0 Å². The average Bonchev–Trinajstić information content (AvgIpc) is 3.20. The molecule has 0 spiro atoms. The fraction of sp³-hybridized carbons (Fsp3) is 0.125. The van der Waals surface area contributed by atoms with Crippen molar-refractivity contribution in [1.82, 2.24) is 9.55 Å². The first-order valence-corrected chi connectivity index (χ1v) is 12.0. The highest BCUT2D eigenvalue weighted by Crippen LogP contribution is 2.28. The normalized spacial score (nSPS) is 12.4. The summed E-state index contributed by atoms with van der Waals surface area (Å²) in [4.78, 5) is 28.7. The van der Waals surface area contributed by atoms with E-state index in [1.54, 1.807) is 29.1 Å². The average molecular weight is 464 g/mol. The molecule has 1 amide bonds. The molecule has 1 heterocycles. The molecule has 0 saturated heterocycles. The molecule has 2 N–H and O–H groups in total. The zero-order valence-electron chi connectivity index (χ0n) is 17.7. The summed E-state index contributed by atoms with van der Waals surface area (Å²) in [7, 11) is -3.35. The topological polar surface area (TPSA) is 118 Å². The van der Waals surface area contributed by atoms with E-state index in [0.29, 0.717) is 22.3 Å². The van der Waals surface area contributed by atoms with Crippen LogP contribution in [0.4, 0.5) is 5.69 Å². The summed E-state index contributed by atoms with van der Waals surface area (Å²) in [5.41, 5.74) is 2.99. The number of anilines is 1. The molecule has 0 aliphatic rings. The lowest BCUT2D eigenvalue weighted by Crippen LogP contribution is -2.15. The van der Waals surface area contributed by atoms with Crippen LogP contribution in [0.25, 0.3) is 11.0 Å². The molecule has 0 saturated carbocycles. The summed E-state index contributed by atoms with van der Waals surface area (Å²) in [6.45, 7) is 0. The highest BCUT2D eigenvalue weighted by atomic mass is 32.2. The van der Waals surface area contributed by atoms with Gasteiger partial charge in [-0.15, -0.1) is 0 Å². The number of rotatable bonds is 7. The predicted octanol–water partition coefficient (Wildman–Crippen LogP) is 3.76. The number of benzene rings is 3. The summed E-state index contributed by atoms with van der Waals surface area (Å²) < 4.78 is 25.0. The second-order valence-electron chi connectivity index (χ2n) is 7.63. The third-order valence-electron chi connectivity index (χ3n) is 5.27. The van der Waals surface area contributed by atoms with E-state index in [9.17, 15) is 23.1 Å². The van der Waals surface area contributed by atoms with Gasteiger partial charge >= 0.3 is 5.97 Å². The smallest absolute Gasteiger partial charge is 0.305 e. The highest BCUT2D eigenvalue weighted by Gasteiger charge is 2.20. The van der Waals surface area contributed by atoms with Gasteiger partial charge in [0.1, 0.15) is 0 Å². The van der Waals surface area contributed by atoms with Crippen molar-refractivity contribution in [3.63, 3.8) is 0 Å². The largest absolute Gasteiger partial charge is 0.481 e. The van der Waals surface area contributed by atoms with Crippen molar-refractivity contribution < 1.29 is 23.1 Å². The third kappa shape index (κ3) is 4.93. The number of aromatic nitrogens is 2. The number of aliphatic carboxylic acids is 1. The van der Waals surface area contributed by atoms with Crippen LogP contribution in [0, 0.1) is 0 Å². The summed E-state index contributed by atoms with van der Waals surface area (Å²) in [5, 5.41) is 12.3. The van der Waals surface area contributed by atoms with Crippen LogP contribution in [0.3, 0.4) is 0 Å². The van der Waals surface area contributed by atoms with Crippen molar-refractivity contribution >= 4 is 38.4 Å². The van der Waals surface area contributed by atoms with Gasteiger partial charge in [-0.3, -0.25) is 9.59 Å². The Labute approximate surface area is 190 Å². The maximum absolute atomic E-state index is 12.7. The van der Waals surface area contributed by atoms with E-state index in [1.165, 1.54) is 24.3 Å². The van der Waals surface area contributed by atoms with E-state index in [-0.39, 0.29) is 11.3 Å². The molecule has 1 unspecified atom stereocenters. The molecular formula is C24H21N3O5S. The van der Waals surface area contributed by atoms with Crippen LogP contribution in [0.2, 0.25) is 0 Å².